The van der Waals surface area contributed by atoms with Crippen LogP contribution in [0.3, 0.4) is 0 Å². The minimum atomic E-state index is -0.334. The molecule has 0 amide bonds. The summed E-state index contributed by atoms with van der Waals surface area (Å²) in [4.78, 5) is 11.2. The van der Waals surface area contributed by atoms with Crippen molar-refractivity contribution in [1.82, 2.24) is 0 Å². The zero-order valence-corrected chi connectivity index (χ0v) is 9.00. The van der Waals surface area contributed by atoms with E-state index >= 15 is 0 Å². The van der Waals surface area contributed by atoms with Gasteiger partial charge in [-0.2, -0.15) is 0 Å². The van der Waals surface area contributed by atoms with Crippen LogP contribution in [-0.2, 0) is 4.79 Å². The molecule has 0 unspecified atom stereocenters. The average molecular weight is 184 g/mol. The van der Waals surface area contributed by atoms with Crippen LogP contribution in [0, 0.1) is 5.92 Å². The maximum atomic E-state index is 11.2. The molecule has 0 aromatic heterocycles. The fraction of sp³-hybridized carbons (Fsp3) is 0.727. The van der Waals surface area contributed by atoms with E-state index in [4.69, 9.17) is 0 Å². The molecule has 0 aliphatic carbocycles. The smallest absolute Gasteiger partial charge is 0.157 e. The molecule has 0 bridgehead atoms. The molecule has 13 heavy (non-hydrogen) atoms. The summed E-state index contributed by atoms with van der Waals surface area (Å²) >= 11 is 0. The van der Waals surface area contributed by atoms with Gasteiger partial charge in [0.25, 0.3) is 0 Å². The molecule has 2 atom stereocenters. The lowest BCUT2D eigenvalue weighted by Gasteiger charge is -2.13. The molecule has 0 aliphatic rings. The van der Waals surface area contributed by atoms with Crippen molar-refractivity contribution < 1.29 is 9.90 Å². The van der Waals surface area contributed by atoms with Gasteiger partial charge in [-0.05, 0) is 18.9 Å². The van der Waals surface area contributed by atoms with E-state index in [1.54, 1.807) is 0 Å². The summed E-state index contributed by atoms with van der Waals surface area (Å²) in [5, 5.41) is 9.47. The van der Waals surface area contributed by atoms with Crippen molar-refractivity contribution in [3.05, 3.63) is 11.6 Å². The first-order chi connectivity index (χ1) is 6.02. The maximum absolute atomic E-state index is 11.2. The third-order valence-electron chi connectivity index (χ3n) is 2.30. The average Bonchev–Trinajstić information content (AvgIpc) is 2.14. The summed E-state index contributed by atoms with van der Waals surface area (Å²) in [6.07, 6.45) is 2.79. The molecule has 0 rings (SSSR count). The SMILES string of the molecule is CCC(=O)C(C)=C[C@@H](C)[C@H](O)CC. The van der Waals surface area contributed by atoms with Gasteiger partial charge in [0.05, 0.1) is 6.10 Å². The summed E-state index contributed by atoms with van der Waals surface area (Å²) in [6, 6.07) is 0. The number of Topliss-reactive ketones (excluding diaryl/α,β-unsaturated/α-hetero) is 1. The Labute approximate surface area is 80.7 Å². The first kappa shape index (κ1) is 12.4. The Morgan fingerprint density at radius 2 is 2.00 bits per heavy atom. The molecule has 2 heteroatoms. The lowest BCUT2D eigenvalue weighted by atomic mass is 9.98. The van der Waals surface area contributed by atoms with E-state index in [2.05, 4.69) is 0 Å². The molecule has 0 fully saturated rings. The number of carbonyl (C=O) groups excluding carboxylic acids is 1. The van der Waals surface area contributed by atoms with E-state index in [9.17, 15) is 9.90 Å². The molecule has 0 spiro atoms. The van der Waals surface area contributed by atoms with Gasteiger partial charge in [0.1, 0.15) is 0 Å². The molecule has 0 saturated heterocycles. The van der Waals surface area contributed by atoms with Crippen molar-refractivity contribution in [3.8, 4) is 0 Å². The van der Waals surface area contributed by atoms with Crippen LogP contribution in [0.15, 0.2) is 11.6 Å². The zero-order valence-electron chi connectivity index (χ0n) is 9.00. The lowest BCUT2D eigenvalue weighted by molar-refractivity contribution is -0.115. The quantitative estimate of drug-likeness (QED) is 0.666. The van der Waals surface area contributed by atoms with Crippen LogP contribution in [-0.4, -0.2) is 17.0 Å². The number of hydrogen-bond acceptors (Lipinski definition) is 2. The van der Waals surface area contributed by atoms with Crippen molar-refractivity contribution in [1.29, 1.82) is 0 Å². The number of aliphatic hydroxyl groups is 1. The second-order valence-electron chi connectivity index (χ2n) is 3.46. The monoisotopic (exact) mass is 184 g/mol. The van der Waals surface area contributed by atoms with Crippen LogP contribution in [0.4, 0.5) is 0 Å². The molecule has 0 heterocycles. The van der Waals surface area contributed by atoms with Crippen LogP contribution >= 0.6 is 0 Å². The van der Waals surface area contributed by atoms with E-state index in [0.29, 0.717) is 6.42 Å². The fourth-order valence-electron chi connectivity index (χ4n) is 1.25. The highest BCUT2D eigenvalue weighted by Crippen LogP contribution is 2.11. The molecule has 2 nitrogen and oxygen atoms in total. The van der Waals surface area contributed by atoms with Gasteiger partial charge in [0, 0.05) is 12.3 Å². The number of allylic oxidation sites excluding steroid dienone is 1. The Morgan fingerprint density at radius 3 is 2.38 bits per heavy atom. The van der Waals surface area contributed by atoms with E-state index in [1.807, 2.05) is 33.8 Å². The van der Waals surface area contributed by atoms with Crippen LogP contribution in [0.1, 0.15) is 40.5 Å². The van der Waals surface area contributed by atoms with Crippen molar-refractivity contribution >= 4 is 5.78 Å². The maximum Gasteiger partial charge on any atom is 0.157 e. The third-order valence-corrected chi connectivity index (χ3v) is 2.30. The lowest BCUT2D eigenvalue weighted by Crippen LogP contribution is -2.15. The number of aliphatic hydroxyl groups excluding tert-OH is 1. The van der Waals surface area contributed by atoms with Crippen LogP contribution in [0.25, 0.3) is 0 Å². The van der Waals surface area contributed by atoms with Crippen LogP contribution in [0.5, 0.6) is 0 Å². The minimum Gasteiger partial charge on any atom is -0.393 e. The molecule has 0 aromatic carbocycles. The van der Waals surface area contributed by atoms with Gasteiger partial charge in [-0.15, -0.1) is 0 Å². The third kappa shape index (κ3) is 4.23. The molecule has 0 saturated carbocycles. The highest BCUT2D eigenvalue weighted by atomic mass is 16.3. The van der Waals surface area contributed by atoms with E-state index in [0.717, 1.165) is 12.0 Å². The molecule has 0 radical (unpaired) electrons. The minimum absolute atomic E-state index is 0.0699. The van der Waals surface area contributed by atoms with Gasteiger partial charge in [0.15, 0.2) is 5.78 Å². The molecular formula is C11H20O2. The molecular weight excluding hydrogens is 164 g/mol. The van der Waals surface area contributed by atoms with Crippen LogP contribution < -0.4 is 0 Å². The predicted octanol–water partition coefficient (Wildman–Crippen LogP) is 2.32. The Balaban J connectivity index is 4.29. The number of hydrogen-bond donors (Lipinski definition) is 1. The van der Waals surface area contributed by atoms with Gasteiger partial charge < -0.3 is 5.11 Å². The van der Waals surface area contributed by atoms with Crippen molar-refractivity contribution in [2.24, 2.45) is 5.92 Å². The first-order valence-corrected chi connectivity index (χ1v) is 4.92. The second kappa shape index (κ2) is 5.92. The molecule has 76 valence electrons. The van der Waals surface area contributed by atoms with Crippen LogP contribution in [0.2, 0.25) is 0 Å². The van der Waals surface area contributed by atoms with E-state index < -0.39 is 0 Å². The van der Waals surface area contributed by atoms with E-state index in [1.165, 1.54) is 0 Å². The Morgan fingerprint density at radius 1 is 1.46 bits per heavy atom. The Hall–Kier alpha value is -0.630. The van der Waals surface area contributed by atoms with Crippen molar-refractivity contribution in [3.63, 3.8) is 0 Å². The predicted molar refractivity (Wildman–Crippen MR) is 54.5 cm³/mol. The fourth-order valence-corrected chi connectivity index (χ4v) is 1.25. The first-order valence-electron chi connectivity index (χ1n) is 4.92. The molecule has 0 aromatic rings. The van der Waals surface area contributed by atoms with Crippen molar-refractivity contribution in [2.45, 2.75) is 46.6 Å². The summed E-state index contributed by atoms with van der Waals surface area (Å²) in [5.74, 6) is 0.232. The number of carbonyl (C=O) groups is 1. The van der Waals surface area contributed by atoms with E-state index in [-0.39, 0.29) is 17.8 Å². The van der Waals surface area contributed by atoms with Gasteiger partial charge in [-0.25, -0.2) is 0 Å². The molecule has 0 aliphatic heterocycles. The Bertz CT molecular complexity index is 194. The number of ketones is 1. The highest BCUT2D eigenvalue weighted by molar-refractivity contribution is 5.94. The highest BCUT2D eigenvalue weighted by Gasteiger charge is 2.10. The topological polar surface area (TPSA) is 37.3 Å². The standard InChI is InChI=1S/C11H20O2/c1-5-10(12)8(3)7-9(4)11(13)6-2/h7-8,10,12H,5-6H2,1-4H3/t8-,10-/m1/s1. The normalized spacial score (nSPS) is 16.8. The summed E-state index contributed by atoms with van der Waals surface area (Å²) in [5.41, 5.74) is 0.766. The second-order valence-corrected chi connectivity index (χ2v) is 3.46. The summed E-state index contributed by atoms with van der Waals surface area (Å²) < 4.78 is 0. The van der Waals surface area contributed by atoms with Gasteiger partial charge in [-0.3, -0.25) is 4.79 Å². The summed E-state index contributed by atoms with van der Waals surface area (Å²) in [7, 11) is 0. The largest absolute Gasteiger partial charge is 0.393 e. The number of rotatable bonds is 5. The summed E-state index contributed by atoms with van der Waals surface area (Å²) in [6.45, 7) is 7.53. The molecule has 1 N–H and O–H groups in total. The van der Waals surface area contributed by atoms with Gasteiger partial charge >= 0.3 is 0 Å². The van der Waals surface area contributed by atoms with Gasteiger partial charge in [0.2, 0.25) is 0 Å². The Kier molecular flexibility index (Phi) is 5.63. The zero-order chi connectivity index (χ0) is 10.4. The van der Waals surface area contributed by atoms with Crippen molar-refractivity contribution in [2.75, 3.05) is 0 Å². The van der Waals surface area contributed by atoms with Gasteiger partial charge in [-0.1, -0.05) is 26.8 Å².